The van der Waals surface area contributed by atoms with Gasteiger partial charge in [0, 0.05) is 24.8 Å². The summed E-state index contributed by atoms with van der Waals surface area (Å²) in [5.41, 5.74) is 1.20. The van der Waals surface area contributed by atoms with Crippen molar-refractivity contribution in [2.75, 3.05) is 6.26 Å². The zero-order valence-corrected chi connectivity index (χ0v) is 15.9. The summed E-state index contributed by atoms with van der Waals surface area (Å²) < 4.78 is 23.8. The van der Waals surface area contributed by atoms with E-state index in [2.05, 4.69) is 24.3 Å². The van der Waals surface area contributed by atoms with E-state index < -0.39 is 9.84 Å². The van der Waals surface area contributed by atoms with Crippen molar-refractivity contribution in [3.63, 3.8) is 0 Å². The summed E-state index contributed by atoms with van der Waals surface area (Å²) in [6.45, 7) is 0. The first-order valence-corrected chi connectivity index (χ1v) is 11.4. The highest BCUT2D eigenvalue weighted by Gasteiger charge is 2.45. The number of amides is 1. The van der Waals surface area contributed by atoms with Gasteiger partial charge in [-0.15, -0.1) is 0 Å². The van der Waals surface area contributed by atoms with Gasteiger partial charge in [-0.2, -0.15) is 0 Å². The van der Waals surface area contributed by atoms with Crippen LogP contribution in [0.2, 0.25) is 0 Å². The van der Waals surface area contributed by atoms with Crippen LogP contribution < -0.4 is 0 Å². The van der Waals surface area contributed by atoms with Crippen molar-refractivity contribution in [1.82, 2.24) is 4.90 Å². The van der Waals surface area contributed by atoms with Crippen LogP contribution in [-0.2, 0) is 21.1 Å². The summed E-state index contributed by atoms with van der Waals surface area (Å²) in [7, 11) is -3.02. The fourth-order valence-electron chi connectivity index (χ4n) is 4.77. The molecule has 5 heteroatoms. The molecule has 0 aromatic heterocycles. The molecule has 2 atom stereocenters. The highest BCUT2D eigenvalue weighted by atomic mass is 32.2. The van der Waals surface area contributed by atoms with E-state index in [0.717, 1.165) is 19.3 Å². The molecular weight excluding hydrogens is 346 g/mol. The number of fused-ring (bicyclic) bond motifs is 3. The van der Waals surface area contributed by atoms with Crippen LogP contribution in [0.15, 0.2) is 42.5 Å². The SMILES string of the molecule is CS(=O)(=O)C1CC2CCC(C1)N2C(=O)CCc1cccc2ccccc12. The lowest BCUT2D eigenvalue weighted by Crippen LogP contribution is -2.49. The largest absolute Gasteiger partial charge is 0.337 e. The van der Waals surface area contributed by atoms with Crippen molar-refractivity contribution in [2.45, 2.75) is 55.9 Å². The quantitative estimate of drug-likeness (QED) is 0.828. The summed E-state index contributed by atoms with van der Waals surface area (Å²) in [4.78, 5) is 14.9. The molecule has 0 radical (unpaired) electrons. The molecule has 138 valence electrons. The summed E-state index contributed by atoms with van der Waals surface area (Å²) in [5.74, 6) is 0.178. The Bertz CT molecular complexity index is 918. The number of hydrogen-bond acceptors (Lipinski definition) is 3. The van der Waals surface area contributed by atoms with Crippen LogP contribution in [0.3, 0.4) is 0 Å². The molecule has 26 heavy (non-hydrogen) atoms. The predicted molar refractivity (Wildman–Crippen MR) is 104 cm³/mol. The van der Waals surface area contributed by atoms with E-state index in [0.29, 0.717) is 19.3 Å². The van der Waals surface area contributed by atoms with Crippen molar-refractivity contribution in [3.05, 3.63) is 48.0 Å². The molecule has 0 spiro atoms. The Morgan fingerprint density at radius 3 is 2.38 bits per heavy atom. The number of aryl methyl sites for hydroxylation is 1. The number of sulfone groups is 1. The summed E-state index contributed by atoms with van der Waals surface area (Å²) in [6, 6.07) is 14.7. The van der Waals surface area contributed by atoms with Gasteiger partial charge in [0.1, 0.15) is 9.84 Å². The highest BCUT2D eigenvalue weighted by Crippen LogP contribution is 2.38. The second-order valence-electron chi connectivity index (χ2n) is 7.75. The Labute approximate surface area is 155 Å². The molecule has 2 heterocycles. The number of benzene rings is 2. The fraction of sp³-hybridized carbons (Fsp3) is 0.476. The van der Waals surface area contributed by atoms with Crippen LogP contribution in [-0.4, -0.2) is 42.8 Å². The van der Waals surface area contributed by atoms with E-state index in [1.165, 1.54) is 22.6 Å². The van der Waals surface area contributed by atoms with Crippen molar-refractivity contribution in [2.24, 2.45) is 0 Å². The molecule has 2 bridgehead atoms. The van der Waals surface area contributed by atoms with Gasteiger partial charge in [-0.3, -0.25) is 4.79 Å². The van der Waals surface area contributed by atoms with Crippen LogP contribution in [0.25, 0.3) is 10.8 Å². The summed E-state index contributed by atoms with van der Waals surface area (Å²) in [6.07, 6.45) is 5.64. The maximum atomic E-state index is 12.9. The zero-order valence-electron chi connectivity index (χ0n) is 15.1. The van der Waals surface area contributed by atoms with Gasteiger partial charge in [-0.25, -0.2) is 8.42 Å². The van der Waals surface area contributed by atoms with Gasteiger partial charge in [0.2, 0.25) is 5.91 Å². The number of carbonyl (C=O) groups is 1. The zero-order chi connectivity index (χ0) is 18.3. The Hall–Kier alpha value is -1.88. The molecule has 4 nitrogen and oxygen atoms in total. The minimum absolute atomic E-state index is 0.105. The smallest absolute Gasteiger partial charge is 0.223 e. The minimum atomic E-state index is -3.02. The molecule has 0 saturated carbocycles. The van der Waals surface area contributed by atoms with E-state index >= 15 is 0 Å². The minimum Gasteiger partial charge on any atom is -0.337 e. The predicted octanol–water partition coefficient (Wildman–Crippen LogP) is 3.34. The molecule has 2 unspecified atom stereocenters. The number of piperidine rings is 1. The first-order valence-electron chi connectivity index (χ1n) is 9.40. The van der Waals surface area contributed by atoms with Gasteiger partial charge >= 0.3 is 0 Å². The maximum Gasteiger partial charge on any atom is 0.223 e. The van der Waals surface area contributed by atoms with Crippen molar-refractivity contribution >= 4 is 26.5 Å². The molecule has 2 aliphatic rings. The number of rotatable bonds is 4. The van der Waals surface area contributed by atoms with Gasteiger partial charge < -0.3 is 4.90 Å². The number of carbonyl (C=O) groups excluding carboxylic acids is 1. The molecule has 0 aliphatic carbocycles. The standard InChI is InChI=1S/C21H25NO3S/c1-26(24,25)19-13-17-10-11-18(14-19)22(17)21(23)12-9-16-7-4-6-15-5-2-3-8-20(15)16/h2-8,17-19H,9-14H2,1H3. The van der Waals surface area contributed by atoms with Gasteiger partial charge in [-0.1, -0.05) is 42.5 Å². The molecule has 2 aromatic carbocycles. The lowest BCUT2D eigenvalue weighted by molar-refractivity contribution is -0.135. The van der Waals surface area contributed by atoms with E-state index in [9.17, 15) is 13.2 Å². The first kappa shape index (κ1) is 17.5. The third-order valence-electron chi connectivity index (χ3n) is 6.07. The third kappa shape index (κ3) is 3.25. The van der Waals surface area contributed by atoms with E-state index in [4.69, 9.17) is 0 Å². The number of nitrogens with zero attached hydrogens (tertiary/aromatic N) is 1. The molecule has 2 aromatic rings. The normalized spacial score (nSPS) is 25.6. The Balaban J connectivity index is 1.46. The lowest BCUT2D eigenvalue weighted by Gasteiger charge is -2.38. The van der Waals surface area contributed by atoms with Gasteiger partial charge in [0.05, 0.1) is 5.25 Å². The van der Waals surface area contributed by atoms with Crippen molar-refractivity contribution < 1.29 is 13.2 Å². The average molecular weight is 372 g/mol. The monoisotopic (exact) mass is 371 g/mol. The van der Waals surface area contributed by atoms with E-state index in [-0.39, 0.29) is 23.2 Å². The second-order valence-corrected chi connectivity index (χ2v) is 10.1. The topological polar surface area (TPSA) is 54.5 Å². The molecule has 1 amide bonds. The molecule has 2 saturated heterocycles. The van der Waals surface area contributed by atoms with Crippen LogP contribution >= 0.6 is 0 Å². The summed E-state index contributed by atoms with van der Waals surface area (Å²) in [5, 5.41) is 2.13. The molecule has 4 rings (SSSR count). The van der Waals surface area contributed by atoms with Gasteiger partial charge in [-0.05, 0) is 48.4 Å². The maximum absolute atomic E-state index is 12.9. The molecular formula is C21H25NO3S. The third-order valence-corrected chi connectivity index (χ3v) is 7.67. The first-order chi connectivity index (χ1) is 12.4. The molecule has 0 N–H and O–H groups in total. The van der Waals surface area contributed by atoms with Crippen LogP contribution in [0, 0.1) is 0 Å². The van der Waals surface area contributed by atoms with Gasteiger partial charge in [0.25, 0.3) is 0 Å². The lowest BCUT2D eigenvalue weighted by atomic mass is 9.98. The molecule has 2 aliphatic heterocycles. The highest BCUT2D eigenvalue weighted by molar-refractivity contribution is 7.91. The van der Waals surface area contributed by atoms with Crippen molar-refractivity contribution in [1.29, 1.82) is 0 Å². The fourth-order valence-corrected chi connectivity index (χ4v) is 5.91. The Morgan fingerprint density at radius 1 is 1.04 bits per heavy atom. The second kappa shape index (κ2) is 6.69. The van der Waals surface area contributed by atoms with Crippen LogP contribution in [0.1, 0.15) is 37.7 Å². The van der Waals surface area contributed by atoms with E-state index in [1.54, 1.807) is 0 Å². The van der Waals surface area contributed by atoms with Gasteiger partial charge in [0.15, 0.2) is 0 Å². The summed E-state index contributed by atoms with van der Waals surface area (Å²) >= 11 is 0. The van der Waals surface area contributed by atoms with Crippen LogP contribution in [0.4, 0.5) is 0 Å². The van der Waals surface area contributed by atoms with Crippen molar-refractivity contribution in [3.8, 4) is 0 Å². The Morgan fingerprint density at radius 2 is 1.69 bits per heavy atom. The number of hydrogen-bond donors (Lipinski definition) is 0. The molecule has 2 fully saturated rings. The average Bonchev–Trinajstić information content (AvgIpc) is 2.88. The van der Waals surface area contributed by atoms with E-state index in [1.807, 2.05) is 23.1 Å². The van der Waals surface area contributed by atoms with Crippen LogP contribution in [0.5, 0.6) is 0 Å². The Kier molecular flexibility index (Phi) is 4.51.